The third-order valence-corrected chi connectivity index (χ3v) is 3.85. The summed E-state index contributed by atoms with van der Waals surface area (Å²) in [5.41, 5.74) is -0.0669. The van der Waals surface area contributed by atoms with Gasteiger partial charge in [0, 0.05) is 44.8 Å². The highest BCUT2D eigenvalue weighted by molar-refractivity contribution is 5.93. The summed E-state index contributed by atoms with van der Waals surface area (Å²) in [5.74, 6) is -0.103. The van der Waals surface area contributed by atoms with Crippen LogP contribution in [-0.4, -0.2) is 53.3 Å². The van der Waals surface area contributed by atoms with Crippen molar-refractivity contribution in [2.24, 2.45) is 0 Å². The molecule has 8 nitrogen and oxygen atoms in total. The normalized spacial score (nSPS) is 14.6. The molecule has 1 fully saturated rings. The average molecular weight is 329 g/mol. The molecule has 0 amide bonds. The molecule has 24 heavy (non-hydrogen) atoms. The molecule has 0 atom stereocenters. The van der Waals surface area contributed by atoms with E-state index in [-0.39, 0.29) is 17.6 Å². The Labute approximate surface area is 138 Å². The zero-order valence-corrected chi connectivity index (χ0v) is 13.5. The lowest BCUT2D eigenvalue weighted by atomic mass is 10.2. The van der Waals surface area contributed by atoms with E-state index in [4.69, 9.17) is 4.74 Å². The highest BCUT2D eigenvalue weighted by atomic mass is 16.5. The van der Waals surface area contributed by atoms with Gasteiger partial charge in [-0.15, -0.1) is 0 Å². The van der Waals surface area contributed by atoms with E-state index >= 15 is 0 Å². The molecule has 1 aliphatic heterocycles. The van der Waals surface area contributed by atoms with Gasteiger partial charge in [-0.25, -0.2) is 9.78 Å². The van der Waals surface area contributed by atoms with Crippen LogP contribution >= 0.6 is 0 Å². The number of aromatic nitrogens is 3. The zero-order chi connectivity index (χ0) is 17.1. The van der Waals surface area contributed by atoms with Gasteiger partial charge < -0.3 is 19.5 Å². The fraction of sp³-hybridized carbons (Fsp3) is 0.375. The number of carbonyl (C=O) groups excluding carboxylic acids is 1. The zero-order valence-electron chi connectivity index (χ0n) is 13.5. The van der Waals surface area contributed by atoms with Gasteiger partial charge in [0.2, 0.25) is 11.4 Å². The van der Waals surface area contributed by atoms with E-state index < -0.39 is 11.4 Å². The van der Waals surface area contributed by atoms with E-state index in [1.165, 1.54) is 18.6 Å². The number of pyridine rings is 1. The minimum absolute atomic E-state index is 0.0530. The number of hydrogen-bond acceptors (Lipinski definition) is 7. The fourth-order valence-corrected chi connectivity index (χ4v) is 2.64. The first-order chi connectivity index (χ1) is 11.7. The van der Waals surface area contributed by atoms with Crippen molar-refractivity contribution in [2.75, 3.05) is 37.7 Å². The van der Waals surface area contributed by atoms with Gasteiger partial charge in [-0.05, 0) is 6.92 Å². The molecular formula is C16H19N5O3. The van der Waals surface area contributed by atoms with Gasteiger partial charge in [0.1, 0.15) is 5.56 Å². The number of fused-ring (bicyclic) bond motifs is 1. The van der Waals surface area contributed by atoms with E-state index in [1.54, 1.807) is 11.5 Å². The second-order valence-corrected chi connectivity index (χ2v) is 5.33. The summed E-state index contributed by atoms with van der Waals surface area (Å²) in [5, 5.41) is 3.53. The molecule has 0 saturated carbocycles. The standard InChI is InChI=1S/C16H19N5O3/c1-3-20-10-12(15(23)24-4-2)13(22)11-9-18-16(19-14(11)20)21-7-5-17-6-8-21/h3,9-10,17H,1,4-8H2,2H3. The van der Waals surface area contributed by atoms with Crippen molar-refractivity contribution in [1.82, 2.24) is 19.9 Å². The van der Waals surface area contributed by atoms with Crippen LogP contribution in [0.3, 0.4) is 0 Å². The maximum atomic E-state index is 12.5. The molecule has 1 N–H and O–H groups in total. The molecule has 3 rings (SSSR count). The molecule has 0 bridgehead atoms. The van der Waals surface area contributed by atoms with Crippen LogP contribution in [0.25, 0.3) is 17.2 Å². The van der Waals surface area contributed by atoms with E-state index in [1.807, 2.05) is 4.90 Å². The van der Waals surface area contributed by atoms with Crippen LogP contribution < -0.4 is 15.6 Å². The molecule has 2 aromatic rings. The molecule has 2 aromatic heterocycles. The number of ether oxygens (including phenoxy) is 1. The highest BCUT2D eigenvalue weighted by Crippen LogP contribution is 2.15. The second-order valence-electron chi connectivity index (χ2n) is 5.33. The van der Waals surface area contributed by atoms with Crippen molar-refractivity contribution in [1.29, 1.82) is 0 Å². The summed E-state index contributed by atoms with van der Waals surface area (Å²) in [7, 11) is 0. The molecule has 3 heterocycles. The van der Waals surface area contributed by atoms with Gasteiger partial charge in [-0.3, -0.25) is 4.79 Å². The molecule has 0 aromatic carbocycles. The van der Waals surface area contributed by atoms with Gasteiger partial charge >= 0.3 is 5.97 Å². The Morgan fingerprint density at radius 1 is 1.46 bits per heavy atom. The van der Waals surface area contributed by atoms with Gasteiger partial charge in [-0.2, -0.15) is 4.98 Å². The van der Waals surface area contributed by atoms with Crippen molar-refractivity contribution in [3.8, 4) is 0 Å². The summed E-state index contributed by atoms with van der Waals surface area (Å²) in [6, 6.07) is 0. The Balaban J connectivity index is 2.12. The molecular weight excluding hydrogens is 310 g/mol. The van der Waals surface area contributed by atoms with E-state index in [2.05, 4.69) is 21.9 Å². The molecule has 0 radical (unpaired) electrons. The molecule has 0 unspecified atom stereocenters. The summed E-state index contributed by atoms with van der Waals surface area (Å²) < 4.78 is 6.49. The number of nitrogens with one attached hydrogen (secondary N) is 1. The first-order valence-corrected chi connectivity index (χ1v) is 7.83. The van der Waals surface area contributed by atoms with Crippen molar-refractivity contribution in [2.45, 2.75) is 6.92 Å². The SMILES string of the molecule is C=Cn1cc(C(=O)OCC)c(=O)c2cnc(N3CCNCC3)nc21. The maximum Gasteiger partial charge on any atom is 0.343 e. The van der Waals surface area contributed by atoms with Crippen LogP contribution in [0.1, 0.15) is 17.3 Å². The van der Waals surface area contributed by atoms with Crippen LogP contribution in [0.5, 0.6) is 0 Å². The summed E-state index contributed by atoms with van der Waals surface area (Å²) in [6.45, 7) is 8.92. The Morgan fingerprint density at radius 2 is 2.21 bits per heavy atom. The summed E-state index contributed by atoms with van der Waals surface area (Å²) >= 11 is 0. The van der Waals surface area contributed by atoms with Gasteiger partial charge in [0.15, 0.2) is 5.65 Å². The lowest BCUT2D eigenvalue weighted by Crippen LogP contribution is -2.44. The molecule has 8 heteroatoms. The predicted molar refractivity (Wildman–Crippen MR) is 91.2 cm³/mol. The third-order valence-electron chi connectivity index (χ3n) is 3.85. The van der Waals surface area contributed by atoms with Crippen molar-refractivity contribution < 1.29 is 9.53 Å². The number of carbonyl (C=O) groups is 1. The van der Waals surface area contributed by atoms with Crippen LogP contribution in [0.2, 0.25) is 0 Å². The largest absolute Gasteiger partial charge is 0.462 e. The Hall–Kier alpha value is -2.74. The van der Waals surface area contributed by atoms with Crippen LogP contribution in [0.4, 0.5) is 5.95 Å². The number of piperazine rings is 1. The van der Waals surface area contributed by atoms with Crippen LogP contribution in [-0.2, 0) is 4.74 Å². The molecule has 1 aliphatic rings. The van der Waals surface area contributed by atoms with Crippen LogP contribution in [0, 0.1) is 0 Å². The van der Waals surface area contributed by atoms with Crippen LogP contribution in [0.15, 0.2) is 23.8 Å². The van der Waals surface area contributed by atoms with Gasteiger partial charge in [-0.1, -0.05) is 6.58 Å². The number of nitrogens with zero attached hydrogens (tertiary/aromatic N) is 4. The minimum Gasteiger partial charge on any atom is -0.462 e. The minimum atomic E-state index is -0.661. The maximum absolute atomic E-state index is 12.5. The predicted octanol–water partition coefficient (Wildman–Crippen LogP) is 0.478. The first-order valence-electron chi connectivity index (χ1n) is 7.83. The Morgan fingerprint density at radius 3 is 2.88 bits per heavy atom. The number of anilines is 1. The molecule has 126 valence electrons. The second kappa shape index (κ2) is 6.79. The first kappa shape index (κ1) is 16.1. The van der Waals surface area contributed by atoms with Gasteiger partial charge in [0.25, 0.3) is 0 Å². The number of esters is 1. The quantitative estimate of drug-likeness (QED) is 0.816. The third kappa shape index (κ3) is 2.88. The lowest BCUT2D eigenvalue weighted by Gasteiger charge is -2.27. The topological polar surface area (TPSA) is 89.3 Å². The Bertz CT molecular complexity index is 839. The van der Waals surface area contributed by atoms with E-state index in [0.29, 0.717) is 11.6 Å². The molecule has 0 spiro atoms. The lowest BCUT2D eigenvalue weighted by molar-refractivity contribution is 0.0524. The smallest absolute Gasteiger partial charge is 0.343 e. The van der Waals surface area contributed by atoms with E-state index in [0.717, 1.165) is 26.2 Å². The van der Waals surface area contributed by atoms with Crippen molar-refractivity contribution in [3.05, 3.63) is 34.8 Å². The van der Waals surface area contributed by atoms with Crippen molar-refractivity contribution in [3.63, 3.8) is 0 Å². The number of hydrogen-bond donors (Lipinski definition) is 1. The van der Waals surface area contributed by atoms with Gasteiger partial charge in [0.05, 0.1) is 12.0 Å². The van der Waals surface area contributed by atoms with E-state index in [9.17, 15) is 9.59 Å². The molecule has 1 saturated heterocycles. The Kier molecular flexibility index (Phi) is 4.57. The summed E-state index contributed by atoms with van der Waals surface area (Å²) in [6.07, 6.45) is 4.37. The number of rotatable bonds is 4. The highest BCUT2D eigenvalue weighted by Gasteiger charge is 2.19. The monoisotopic (exact) mass is 329 g/mol. The van der Waals surface area contributed by atoms with Crippen molar-refractivity contribution >= 4 is 29.2 Å². The summed E-state index contributed by atoms with van der Waals surface area (Å²) in [4.78, 5) is 35.4. The fourth-order valence-electron chi connectivity index (χ4n) is 2.64. The molecule has 0 aliphatic carbocycles. The average Bonchev–Trinajstić information content (AvgIpc) is 2.62.